The molecule has 17 heavy (non-hydrogen) atoms. The van der Waals surface area contributed by atoms with Crippen LogP contribution >= 0.6 is 0 Å². The molecule has 0 aromatic rings. The van der Waals surface area contributed by atoms with Crippen LogP contribution in [-0.4, -0.2) is 17.0 Å². The Morgan fingerprint density at radius 2 is 1.94 bits per heavy atom. The molecule has 0 amide bonds. The Morgan fingerprint density at radius 3 is 2.47 bits per heavy atom. The highest BCUT2D eigenvalue weighted by Crippen LogP contribution is 2.58. The first-order valence-electron chi connectivity index (χ1n) is 6.68. The summed E-state index contributed by atoms with van der Waals surface area (Å²) >= 11 is 0. The Morgan fingerprint density at radius 1 is 1.29 bits per heavy atom. The minimum absolute atomic E-state index is 0.0826. The van der Waals surface area contributed by atoms with Gasteiger partial charge in [-0.25, -0.2) is 0 Å². The van der Waals surface area contributed by atoms with E-state index in [1.165, 1.54) is 12.8 Å². The van der Waals surface area contributed by atoms with Gasteiger partial charge in [0.1, 0.15) is 0 Å². The SMILES string of the molecule is CC1=C[C@H](O)[C@@H]([C@]2(C)CCCC2(C)C)CC1=O. The zero-order valence-corrected chi connectivity index (χ0v) is 11.4. The molecule has 0 aromatic carbocycles. The standard InChI is InChI=1S/C15H24O2/c1-10-8-13(17)11(9-12(10)16)15(4)7-5-6-14(15,2)3/h8,11,13,17H,5-7,9H2,1-4H3/t11-,13-,15-/m0/s1. The van der Waals surface area contributed by atoms with Crippen LogP contribution in [0.3, 0.4) is 0 Å². The van der Waals surface area contributed by atoms with Gasteiger partial charge in [0.05, 0.1) is 6.10 Å². The summed E-state index contributed by atoms with van der Waals surface area (Å²) in [5, 5.41) is 10.3. The first-order chi connectivity index (χ1) is 7.78. The number of carbonyl (C=O) groups is 1. The second-order valence-corrected chi connectivity index (χ2v) is 6.73. The topological polar surface area (TPSA) is 37.3 Å². The van der Waals surface area contributed by atoms with Gasteiger partial charge < -0.3 is 5.11 Å². The maximum Gasteiger partial charge on any atom is 0.158 e. The molecule has 0 aliphatic heterocycles. The third kappa shape index (κ3) is 1.87. The third-order valence-corrected chi connectivity index (χ3v) is 5.54. The van der Waals surface area contributed by atoms with Crippen molar-refractivity contribution >= 4 is 5.78 Å². The van der Waals surface area contributed by atoms with Crippen LogP contribution in [0.4, 0.5) is 0 Å². The molecule has 0 saturated heterocycles. The number of aliphatic hydroxyl groups is 1. The van der Waals surface area contributed by atoms with Crippen molar-refractivity contribution in [1.29, 1.82) is 0 Å². The van der Waals surface area contributed by atoms with Crippen LogP contribution in [0.2, 0.25) is 0 Å². The zero-order chi connectivity index (χ0) is 12.8. The van der Waals surface area contributed by atoms with Crippen molar-refractivity contribution in [3.63, 3.8) is 0 Å². The molecular weight excluding hydrogens is 212 g/mol. The molecule has 2 nitrogen and oxygen atoms in total. The second kappa shape index (κ2) is 3.94. The molecule has 0 aromatic heterocycles. The fourth-order valence-electron chi connectivity index (χ4n) is 3.76. The molecule has 3 atom stereocenters. The van der Waals surface area contributed by atoms with Gasteiger partial charge in [0.25, 0.3) is 0 Å². The lowest BCUT2D eigenvalue weighted by Crippen LogP contribution is -2.45. The van der Waals surface area contributed by atoms with E-state index in [-0.39, 0.29) is 22.5 Å². The Kier molecular flexibility index (Phi) is 2.97. The highest BCUT2D eigenvalue weighted by Gasteiger charge is 2.52. The zero-order valence-electron chi connectivity index (χ0n) is 11.4. The van der Waals surface area contributed by atoms with E-state index in [9.17, 15) is 9.90 Å². The maximum absolute atomic E-state index is 11.9. The van der Waals surface area contributed by atoms with Gasteiger partial charge in [-0.15, -0.1) is 0 Å². The Labute approximate surface area is 104 Å². The maximum atomic E-state index is 11.9. The molecule has 2 rings (SSSR count). The number of ketones is 1. The van der Waals surface area contributed by atoms with Crippen LogP contribution in [0.1, 0.15) is 53.4 Å². The number of allylic oxidation sites excluding steroid dienone is 1. The largest absolute Gasteiger partial charge is 0.389 e. The number of hydrogen-bond donors (Lipinski definition) is 1. The van der Waals surface area contributed by atoms with Crippen LogP contribution in [0.5, 0.6) is 0 Å². The average molecular weight is 236 g/mol. The highest BCUT2D eigenvalue weighted by atomic mass is 16.3. The van der Waals surface area contributed by atoms with Gasteiger partial charge in [0.15, 0.2) is 5.78 Å². The normalized spacial score (nSPS) is 41.5. The van der Waals surface area contributed by atoms with Gasteiger partial charge in [-0.3, -0.25) is 4.79 Å². The first kappa shape index (κ1) is 12.8. The van der Waals surface area contributed by atoms with Crippen LogP contribution < -0.4 is 0 Å². The van der Waals surface area contributed by atoms with Crippen molar-refractivity contribution in [2.45, 2.75) is 59.5 Å². The highest BCUT2D eigenvalue weighted by molar-refractivity contribution is 5.96. The fraction of sp³-hybridized carbons (Fsp3) is 0.800. The molecule has 1 saturated carbocycles. The van der Waals surface area contributed by atoms with E-state index in [0.29, 0.717) is 6.42 Å². The van der Waals surface area contributed by atoms with Crippen LogP contribution in [-0.2, 0) is 4.79 Å². The number of hydrogen-bond acceptors (Lipinski definition) is 2. The van der Waals surface area contributed by atoms with E-state index in [1.807, 2.05) is 6.92 Å². The lowest BCUT2D eigenvalue weighted by Gasteiger charge is -2.47. The average Bonchev–Trinajstić information content (AvgIpc) is 2.48. The van der Waals surface area contributed by atoms with E-state index >= 15 is 0 Å². The molecule has 1 N–H and O–H groups in total. The molecule has 0 spiro atoms. The smallest absolute Gasteiger partial charge is 0.158 e. The van der Waals surface area contributed by atoms with Crippen molar-refractivity contribution in [1.82, 2.24) is 0 Å². The van der Waals surface area contributed by atoms with Crippen molar-refractivity contribution in [2.24, 2.45) is 16.7 Å². The van der Waals surface area contributed by atoms with Crippen molar-refractivity contribution in [3.8, 4) is 0 Å². The van der Waals surface area contributed by atoms with E-state index < -0.39 is 6.10 Å². The Balaban J connectivity index is 2.32. The summed E-state index contributed by atoms with van der Waals surface area (Å²) in [6.07, 6.45) is 5.37. The summed E-state index contributed by atoms with van der Waals surface area (Å²) in [6.45, 7) is 8.63. The fourth-order valence-corrected chi connectivity index (χ4v) is 3.76. The first-order valence-corrected chi connectivity index (χ1v) is 6.68. The molecule has 0 heterocycles. The van der Waals surface area contributed by atoms with E-state index in [0.717, 1.165) is 12.0 Å². The van der Waals surface area contributed by atoms with Gasteiger partial charge in [0, 0.05) is 12.3 Å². The molecule has 2 aliphatic carbocycles. The summed E-state index contributed by atoms with van der Waals surface area (Å²) in [6, 6.07) is 0. The van der Waals surface area contributed by atoms with Gasteiger partial charge in [0.2, 0.25) is 0 Å². The molecule has 0 bridgehead atoms. The predicted octanol–water partition coefficient (Wildman–Crippen LogP) is 3.10. The number of Topliss-reactive ketones (excluding diaryl/α,β-unsaturated/α-hetero) is 1. The van der Waals surface area contributed by atoms with E-state index in [1.54, 1.807) is 6.08 Å². The van der Waals surface area contributed by atoms with Gasteiger partial charge in [-0.2, -0.15) is 0 Å². The van der Waals surface area contributed by atoms with Gasteiger partial charge in [-0.1, -0.05) is 27.2 Å². The molecule has 96 valence electrons. The van der Waals surface area contributed by atoms with Crippen molar-refractivity contribution in [2.75, 3.05) is 0 Å². The molecular formula is C15H24O2. The lowest BCUT2D eigenvalue weighted by molar-refractivity contribution is -0.121. The van der Waals surface area contributed by atoms with Gasteiger partial charge in [-0.05, 0) is 42.2 Å². The van der Waals surface area contributed by atoms with E-state index in [4.69, 9.17) is 0 Å². The minimum atomic E-state index is -0.449. The number of carbonyl (C=O) groups excluding carboxylic acids is 1. The lowest BCUT2D eigenvalue weighted by atomic mass is 9.58. The van der Waals surface area contributed by atoms with Crippen LogP contribution in [0, 0.1) is 16.7 Å². The quantitative estimate of drug-likeness (QED) is 0.759. The van der Waals surface area contributed by atoms with Gasteiger partial charge >= 0.3 is 0 Å². The minimum Gasteiger partial charge on any atom is -0.389 e. The molecule has 0 unspecified atom stereocenters. The summed E-state index contributed by atoms with van der Waals surface area (Å²) in [5.74, 6) is 0.306. The number of aliphatic hydroxyl groups excluding tert-OH is 1. The Hall–Kier alpha value is -0.630. The molecule has 0 radical (unpaired) electrons. The monoisotopic (exact) mass is 236 g/mol. The Bertz CT molecular complexity index is 367. The molecule has 2 heteroatoms. The second-order valence-electron chi connectivity index (χ2n) is 6.73. The summed E-state index contributed by atoms with van der Waals surface area (Å²) < 4.78 is 0. The predicted molar refractivity (Wildman–Crippen MR) is 68.6 cm³/mol. The van der Waals surface area contributed by atoms with E-state index in [2.05, 4.69) is 20.8 Å². The van der Waals surface area contributed by atoms with Crippen LogP contribution in [0.15, 0.2) is 11.6 Å². The van der Waals surface area contributed by atoms with Crippen molar-refractivity contribution < 1.29 is 9.90 Å². The third-order valence-electron chi connectivity index (χ3n) is 5.54. The number of rotatable bonds is 1. The summed E-state index contributed by atoms with van der Waals surface area (Å²) in [5.41, 5.74) is 1.03. The van der Waals surface area contributed by atoms with Crippen molar-refractivity contribution in [3.05, 3.63) is 11.6 Å². The molecule has 1 fully saturated rings. The summed E-state index contributed by atoms with van der Waals surface area (Å²) in [7, 11) is 0. The molecule has 2 aliphatic rings. The van der Waals surface area contributed by atoms with Crippen LogP contribution in [0.25, 0.3) is 0 Å². The summed E-state index contributed by atoms with van der Waals surface area (Å²) in [4.78, 5) is 11.9.